The summed E-state index contributed by atoms with van der Waals surface area (Å²) < 4.78 is 0. The van der Waals surface area contributed by atoms with E-state index in [-0.39, 0.29) is 12.0 Å². The largest absolute Gasteiger partial charge is 0.478 e. The van der Waals surface area contributed by atoms with Gasteiger partial charge < -0.3 is 10.8 Å². The molecule has 1 aliphatic carbocycles. The first-order chi connectivity index (χ1) is 8.99. The molecule has 2 rings (SSSR count). The van der Waals surface area contributed by atoms with E-state index in [1.54, 1.807) is 6.92 Å². The number of amides is 1. The van der Waals surface area contributed by atoms with Gasteiger partial charge in [-0.15, -0.1) is 11.8 Å². The summed E-state index contributed by atoms with van der Waals surface area (Å²) in [7, 11) is 0. The van der Waals surface area contributed by atoms with E-state index >= 15 is 0 Å². The summed E-state index contributed by atoms with van der Waals surface area (Å²) in [6.45, 7) is 1.68. The van der Waals surface area contributed by atoms with Crippen LogP contribution in [0.1, 0.15) is 47.1 Å². The highest BCUT2D eigenvalue weighted by atomic mass is 32.2. The summed E-state index contributed by atoms with van der Waals surface area (Å²) in [5, 5.41) is 9.65. The van der Waals surface area contributed by atoms with Gasteiger partial charge in [-0.3, -0.25) is 4.79 Å². The number of carbonyl (C=O) groups excluding carboxylic acids is 1. The predicted octanol–water partition coefficient (Wildman–Crippen LogP) is 1.33. The SMILES string of the molecule is Cc1nc(C2CC2)nc(SCCC(N)=O)c1C(=O)O. The van der Waals surface area contributed by atoms with Crippen LogP contribution in [0.4, 0.5) is 0 Å². The minimum absolute atomic E-state index is 0.124. The van der Waals surface area contributed by atoms with E-state index in [9.17, 15) is 14.7 Å². The van der Waals surface area contributed by atoms with Crippen LogP contribution in [0.2, 0.25) is 0 Å². The van der Waals surface area contributed by atoms with Crippen molar-refractivity contribution in [1.82, 2.24) is 9.97 Å². The van der Waals surface area contributed by atoms with E-state index in [0.29, 0.717) is 28.2 Å². The molecule has 0 atom stereocenters. The first-order valence-corrected chi connectivity index (χ1v) is 7.00. The van der Waals surface area contributed by atoms with Gasteiger partial charge in [-0.2, -0.15) is 0 Å². The Bertz CT molecular complexity index is 529. The number of carbonyl (C=O) groups is 2. The molecule has 6 nitrogen and oxygen atoms in total. The summed E-state index contributed by atoms with van der Waals surface area (Å²) in [5.74, 6) is 0.0519. The number of thioether (sulfide) groups is 1. The van der Waals surface area contributed by atoms with Crippen LogP contribution in [-0.4, -0.2) is 32.7 Å². The molecule has 102 valence electrons. The fraction of sp³-hybridized carbons (Fsp3) is 0.500. The molecule has 0 bridgehead atoms. The lowest BCUT2D eigenvalue weighted by Crippen LogP contribution is -2.12. The zero-order valence-electron chi connectivity index (χ0n) is 10.5. The molecule has 1 amide bonds. The summed E-state index contributed by atoms with van der Waals surface area (Å²) in [6, 6.07) is 0. The van der Waals surface area contributed by atoms with Gasteiger partial charge in [0.25, 0.3) is 0 Å². The third kappa shape index (κ3) is 3.44. The second kappa shape index (κ2) is 5.56. The van der Waals surface area contributed by atoms with Crippen molar-refractivity contribution in [3.8, 4) is 0 Å². The van der Waals surface area contributed by atoms with Crippen molar-refractivity contribution in [3.63, 3.8) is 0 Å². The molecule has 7 heteroatoms. The Morgan fingerprint density at radius 3 is 2.63 bits per heavy atom. The normalized spacial score (nSPS) is 14.4. The van der Waals surface area contributed by atoms with Crippen LogP contribution >= 0.6 is 11.8 Å². The van der Waals surface area contributed by atoms with Gasteiger partial charge >= 0.3 is 5.97 Å². The Hall–Kier alpha value is -1.63. The Balaban J connectivity index is 2.25. The van der Waals surface area contributed by atoms with Gasteiger partial charge in [-0.05, 0) is 19.8 Å². The summed E-state index contributed by atoms with van der Waals surface area (Å²) in [4.78, 5) is 30.6. The first-order valence-electron chi connectivity index (χ1n) is 6.02. The van der Waals surface area contributed by atoms with Gasteiger partial charge in [0.05, 0.1) is 5.69 Å². The van der Waals surface area contributed by atoms with Crippen LogP contribution in [0, 0.1) is 6.92 Å². The minimum Gasteiger partial charge on any atom is -0.478 e. The second-order valence-electron chi connectivity index (χ2n) is 4.49. The average Bonchev–Trinajstić information content (AvgIpc) is 3.10. The van der Waals surface area contributed by atoms with Gasteiger partial charge in [0, 0.05) is 18.1 Å². The molecule has 19 heavy (non-hydrogen) atoms. The number of hydrogen-bond donors (Lipinski definition) is 2. The van der Waals surface area contributed by atoms with Crippen molar-refractivity contribution >= 4 is 23.6 Å². The Kier molecular flexibility index (Phi) is 4.04. The quantitative estimate of drug-likeness (QED) is 0.602. The Labute approximate surface area is 114 Å². The molecule has 0 aliphatic heterocycles. The maximum absolute atomic E-state index is 11.3. The fourth-order valence-electron chi connectivity index (χ4n) is 1.69. The number of carboxylic acids is 1. The molecule has 1 heterocycles. The number of rotatable bonds is 6. The molecule has 1 aromatic heterocycles. The van der Waals surface area contributed by atoms with Crippen molar-refractivity contribution < 1.29 is 14.7 Å². The number of nitrogens with zero attached hydrogens (tertiary/aromatic N) is 2. The van der Waals surface area contributed by atoms with Gasteiger partial charge in [0.1, 0.15) is 16.4 Å². The van der Waals surface area contributed by atoms with E-state index in [2.05, 4.69) is 9.97 Å². The second-order valence-corrected chi connectivity index (χ2v) is 5.58. The van der Waals surface area contributed by atoms with E-state index in [0.717, 1.165) is 12.8 Å². The molecule has 0 radical (unpaired) electrons. The molecular weight excluding hydrogens is 266 g/mol. The van der Waals surface area contributed by atoms with Crippen molar-refractivity contribution in [2.45, 2.75) is 37.1 Å². The number of nitrogens with two attached hydrogens (primary N) is 1. The molecule has 0 aromatic carbocycles. The van der Waals surface area contributed by atoms with Crippen molar-refractivity contribution in [2.75, 3.05) is 5.75 Å². The van der Waals surface area contributed by atoms with Gasteiger partial charge in [-0.25, -0.2) is 14.8 Å². The molecular formula is C12H15N3O3S. The topological polar surface area (TPSA) is 106 Å². The molecule has 1 aliphatic rings. The van der Waals surface area contributed by atoms with Crippen LogP contribution in [-0.2, 0) is 4.79 Å². The third-order valence-electron chi connectivity index (χ3n) is 2.82. The van der Waals surface area contributed by atoms with Crippen LogP contribution in [0.3, 0.4) is 0 Å². The monoisotopic (exact) mass is 281 g/mol. The molecule has 1 fully saturated rings. The number of primary amides is 1. The molecule has 0 unspecified atom stereocenters. The summed E-state index contributed by atoms with van der Waals surface area (Å²) in [6.07, 6.45) is 2.31. The van der Waals surface area contributed by atoms with E-state index in [1.165, 1.54) is 11.8 Å². The summed E-state index contributed by atoms with van der Waals surface area (Å²) >= 11 is 1.24. The minimum atomic E-state index is -1.04. The number of hydrogen-bond acceptors (Lipinski definition) is 5. The Morgan fingerprint density at radius 2 is 2.11 bits per heavy atom. The number of carboxylic acid groups (broad SMARTS) is 1. The smallest absolute Gasteiger partial charge is 0.340 e. The van der Waals surface area contributed by atoms with Crippen molar-refractivity contribution in [1.29, 1.82) is 0 Å². The van der Waals surface area contributed by atoms with Gasteiger partial charge in [0.2, 0.25) is 5.91 Å². The van der Waals surface area contributed by atoms with Crippen LogP contribution in [0.5, 0.6) is 0 Å². The standard InChI is InChI=1S/C12H15N3O3S/c1-6-9(12(17)18)11(19-5-4-8(13)16)15-10(14-6)7-2-3-7/h7H,2-5H2,1H3,(H2,13,16)(H,17,18). The highest BCUT2D eigenvalue weighted by molar-refractivity contribution is 7.99. The van der Waals surface area contributed by atoms with Crippen molar-refractivity contribution in [3.05, 3.63) is 17.1 Å². The Morgan fingerprint density at radius 1 is 1.42 bits per heavy atom. The average molecular weight is 281 g/mol. The lowest BCUT2D eigenvalue weighted by Gasteiger charge is -2.09. The number of aromatic nitrogens is 2. The van der Waals surface area contributed by atoms with Crippen LogP contribution in [0.15, 0.2) is 5.03 Å². The van der Waals surface area contributed by atoms with E-state index < -0.39 is 11.9 Å². The summed E-state index contributed by atoms with van der Waals surface area (Å²) in [5.41, 5.74) is 5.67. The molecule has 3 N–H and O–H groups in total. The van der Waals surface area contributed by atoms with Crippen molar-refractivity contribution in [2.24, 2.45) is 5.73 Å². The maximum Gasteiger partial charge on any atom is 0.340 e. The number of aromatic carboxylic acids is 1. The number of aryl methyl sites for hydroxylation is 1. The first kappa shape index (κ1) is 13.8. The van der Waals surface area contributed by atoms with E-state index in [4.69, 9.17) is 5.73 Å². The highest BCUT2D eigenvalue weighted by Gasteiger charge is 2.29. The fourth-order valence-corrected chi connectivity index (χ4v) is 2.72. The molecule has 1 aromatic rings. The molecule has 0 spiro atoms. The molecule has 1 saturated carbocycles. The zero-order valence-corrected chi connectivity index (χ0v) is 11.4. The lowest BCUT2D eigenvalue weighted by molar-refractivity contribution is -0.117. The van der Waals surface area contributed by atoms with Crippen LogP contribution < -0.4 is 5.73 Å². The van der Waals surface area contributed by atoms with Gasteiger partial charge in [-0.1, -0.05) is 0 Å². The van der Waals surface area contributed by atoms with Gasteiger partial charge in [0.15, 0.2) is 0 Å². The lowest BCUT2D eigenvalue weighted by atomic mass is 10.2. The predicted molar refractivity (Wildman–Crippen MR) is 70.2 cm³/mol. The maximum atomic E-state index is 11.3. The zero-order chi connectivity index (χ0) is 14.0. The third-order valence-corrected chi connectivity index (χ3v) is 3.79. The van der Waals surface area contributed by atoms with Crippen LogP contribution in [0.25, 0.3) is 0 Å². The van der Waals surface area contributed by atoms with E-state index in [1.807, 2.05) is 0 Å². The molecule has 0 saturated heterocycles. The highest BCUT2D eigenvalue weighted by Crippen LogP contribution is 2.39.